The molecule has 0 atom stereocenters. The monoisotopic (exact) mass is 277 g/mol. The molecule has 1 amide bonds. The van der Waals surface area contributed by atoms with Crippen molar-refractivity contribution in [2.45, 2.75) is 13.5 Å². The lowest BCUT2D eigenvalue weighted by atomic mass is 10.2. The van der Waals surface area contributed by atoms with Gasteiger partial charge in [-0.1, -0.05) is 12.1 Å². The SMILES string of the molecule is Cc1oc(CN(C)c2ccccc2F)cc1C(=O)NN. The van der Waals surface area contributed by atoms with Gasteiger partial charge in [0.25, 0.3) is 5.91 Å². The van der Waals surface area contributed by atoms with Crippen LogP contribution in [-0.2, 0) is 6.54 Å². The number of nitrogen functional groups attached to an aromatic ring is 1. The number of para-hydroxylation sites is 1. The van der Waals surface area contributed by atoms with Crippen molar-refractivity contribution in [1.29, 1.82) is 0 Å². The van der Waals surface area contributed by atoms with Gasteiger partial charge in [-0.3, -0.25) is 10.2 Å². The van der Waals surface area contributed by atoms with E-state index in [1.54, 1.807) is 43.1 Å². The van der Waals surface area contributed by atoms with Gasteiger partial charge in [0, 0.05) is 7.05 Å². The van der Waals surface area contributed by atoms with Gasteiger partial charge in [0.2, 0.25) is 0 Å². The van der Waals surface area contributed by atoms with E-state index in [9.17, 15) is 9.18 Å². The Hall–Kier alpha value is -2.34. The number of nitrogens with two attached hydrogens (primary N) is 1. The first-order valence-electron chi connectivity index (χ1n) is 6.09. The number of rotatable bonds is 4. The Bertz CT molecular complexity index is 625. The summed E-state index contributed by atoms with van der Waals surface area (Å²) in [5.74, 6) is 5.41. The topological polar surface area (TPSA) is 71.5 Å². The van der Waals surface area contributed by atoms with Gasteiger partial charge in [-0.15, -0.1) is 0 Å². The largest absolute Gasteiger partial charge is 0.464 e. The standard InChI is InChI=1S/C14H16FN3O2/c1-9-11(14(19)17-16)7-10(20-9)8-18(2)13-6-4-3-5-12(13)15/h3-7H,8,16H2,1-2H3,(H,17,19). The first-order valence-corrected chi connectivity index (χ1v) is 6.09. The van der Waals surface area contributed by atoms with Crippen molar-refractivity contribution in [3.63, 3.8) is 0 Å². The fourth-order valence-corrected chi connectivity index (χ4v) is 2.01. The van der Waals surface area contributed by atoms with Crippen LogP contribution < -0.4 is 16.2 Å². The van der Waals surface area contributed by atoms with Gasteiger partial charge in [-0.25, -0.2) is 10.2 Å². The third kappa shape index (κ3) is 2.80. The van der Waals surface area contributed by atoms with Crippen molar-refractivity contribution < 1.29 is 13.6 Å². The zero-order valence-electron chi connectivity index (χ0n) is 11.3. The van der Waals surface area contributed by atoms with Gasteiger partial charge >= 0.3 is 0 Å². The average molecular weight is 277 g/mol. The summed E-state index contributed by atoms with van der Waals surface area (Å²) in [6.07, 6.45) is 0. The van der Waals surface area contributed by atoms with Crippen LogP contribution in [0.1, 0.15) is 21.9 Å². The van der Waals surface area contributed by atoms with E-state index < -0.39 is 5.91 Å². The second kappa shape index (κ2) is 5.75. The molecule has 0 unspecified atom stereocenters. The van der Waals surface area contributed by atoms with Crippen LogP contribution in [0.3, 0.4) is 0 Å². The second-order valence-corrected chi connectivity index (χ2v) is 4.46. The average Bonchev–Trinajstić information content (AvgIpc) is 2.79. The van der Waals surface area contributed by atoms with E-state index in [4.69, 9.17) is 10.3 Å². The zero-order valence-corrected chi connectivity index (χ0v) is 11.3. The van der Waals surface area contributed by atoms with E-state index in [0.29, 0.717) is 29.3 Å². The summed E-state index contributed by atoms with van der Waals surface area (Å²) in [5.41, 5.74) is 2.90. The molecular weight excluding hydrogens is 261 g/mol. The highest BCUT2D eigenvalue weighted by Crippen LogP contribution is 2.21. The van der Waals surface area contributed by atoms with Crippen molar-refractivity contribution in [1.82, 2.24) is 5.43 Å². The Morgan fingerprint density at radius 3 is 2.80 bits per heavy atom. The van der Waals surface area contributed by atoms with Crippen molar-refractivity contribution >= 4 is 11.6 Å². The summed E-state index contributed by atoms with van der Waals surface area (Å²) >= 11 is 0. The quantitative estimate of drug-likeness (QED) is 0.509. The van der Waals surface area contributed by atoms with E-state index in [-0.39, 0.29) is 5.82 Å². The highest BCUT2D eigenvalue weighted by Gasteiger charge is 2.16. The molecule has 0 fully saturated rings. The molecule has 0 aliphatic carbocycles. The number of nitrogens with one attached hydrogen (secondary N) is 1. The lowest BCUT2D eigenvalue weighted by Gasteiger charge is -2.18. The number of nitrogens with zero attached hydrogens (tertiary/aromatic N) is 1. The van der Waals surface area contributed by atoms with Crippen LogP contribution in [0.5, 0.6) is 0 Å². The number of amides is 1. The molecule has 0 aliphatic heterocycles. The van der Waals surface area contributed by atoms with E-state index >= 15 is 0 Å². The molecule has 0 bridgehead atoms. The summed E-state index contributed by atoms with van der Waals surface area (Å²) in [6, 6.07) is 8.07. The van der Waals surface area contributed by atoms with Crippen molar-refractivity contribution in [3.8, 4) is 0 Å². The molecule has 6 heteroatoms. The number of carbonyl (C=O) groups is 1. The third-order valence-electron chi connectivity index (χ3n) is 3.00. The Kier molecular flexibility index (Phi) is 4.05. The Labute approximate surface area is 116 Å². The molecule has 0 aliphatic rings. The summed E-state index contributed by atoms with van der Waals surface area (Å²) in [6.45, 7) is 2.02. The number of hydrogen-bond donors (Lipinski definition) is 2. The maximum absolute atomic E-state index is 13.7. The minimum Gasteiger partial charge on any atom is -0.464 e. The van der Waals surface area contributed by atoms with E-state index in [1.807, 2.05) is 0 Å². The van der Waals surface area contributed by atoms with Crippen molar-refractivity contribution in [2.24, 2.45) is 5.84 Å². The molecule has 1 aromatic carbocycles. The second-order valence-electron chi connectivity index (χ2n) is 4.46. The number of furan rings is 1. The molecule has 2 aromatic rings. The maximum atomic E-state index is 13.7. The van der Waals surface area contributed by atoms with Crippen LogP contribution in [-0.4, -0.2) is 13.0 Å². The van der Waals surface area contributed by atoms with Crippen molar-refractivity contribution in [3.05, 3.63) is 53.2 Å². The Morgan fingerprint density at radius 2 is 2.15 bits per heavy atom. The number of hydrogen-bond acceptors (Lipinski definition) is 4. The zero-order chi connectivity index (χ0) is 14.7. The number of hydrazine groups is 1. The summed E-state index contributed by atoms with van der Waals surface area (Å²) in [4.78, 5) is 13.2. The lowest BCUT2D eigenvalue weighted by molar-refractivity contribution is 0.0952. The number of carbonyl (C=O) groups excluding carboxylic acids is 1. The highest BCUT2D eigenvalue weighted by molar-refractivity contribution is 5.94. The van der Waals surface area contributed by atoms with Gasteiger partial charge in [0.05, 0.1) is 17.8 Å². The Balaban J connectivity index is 2.18. The van der Waals surface area contributed by atoms with Gasteiger partial charge in [-0.2, -0.15) is 0 Å². The van der Waals surface area contributed by atoms with Crippen LogP contribution in [0.25, 0.3) is 0 Å². The molecular formula is C14H16FN3O2. The van der Waals surface area contributed by atoms with Crippen LogP contribution in [0, 0.1) is 12.7 Å². The molecule has 0 saturated heterocycles. The van der Waals surface area contributed by atoms with Crippen LogP contribution in [0.4, 0.5) is 10.1 Å². The van der Waals surface area contributed by atoms with Crippen LogP contribution >= 0.6 is 0 Å². The van der Waals surface area contributed by atoms with E-state index in [0.717, 1.165) is 0 Å². The molecule has 1 heterocycles. The molecule has 20 heavy (non-hydrogen) atoms. The van der Waals surface area contributed by atoms with Gasteiger partial charge in [-0.05, 0) is 25.1 Å². The van der Waals surface area contributed by atoms with Gasteiger partial charge in [0.1, 0.15) is 17.3 Å². The number of benzene rings is 1. The van der Waals surface area contributed by atoms with Crippen LogP contribution in [0.15, 0.2) is 34.7 Å². The predicted molar refractivity (Wildman–Crippen MR) is 73.6 cm³/mol. The minimum atomic E-state index is -0.411. The molecule has 0 saturated carbocycles. The molecule has 3 N–H and O–H groups in total. The first-order chi connectivity index (χ1) is 9.52. The molecule has 106 valence electrons. The lowest BCUT2D eigenvalue weighted by Crippen LogP contribution is -2.30. The molecule has 0 radical (unpaired) electrons. The van der Waals surface area contributed by atoms with Gasteiger partial charge < -0.3 is 9.32 Å². The molecule has 1 aromatic heterocycles. The van der Waals surface area contributed by atoms with E-state index in [2.05, 4.69) is 5.43 Å². The first kappa shape index (κ1) is 14.1. The summed E-state index contributed by atoms with van der Waals surface area (Å²) in [5, 5.41) is 0. The highest BCUT2D eigenvalue weighted by atomic mass is 19.1. The fraction of sp³-hybridized carbons (Fsp3) is 0.214. The number of halogens is 1. The smallest absolute Gasteiger partial charge is 0.268 e. The van der Waals surface area contributed by atoms with E-state index in [1.165, 1.54) is 6.07 Å². The Morgan fingerprint density at radius 1 is 1.45 bits per heavy atom. The number of anilines is 1. The third-order valence-corrected chi connectivity index (χ3v) is 3.00. The normalized spacial score (nSPS) is 10.4. The molecule has 0 spiro atoms. The summed E-state index contributed by atoms with van der Waals surface area (Å²) < 4.78 is 19.1. The fourth-order valence-electron chi connectivity index (χ4n) is 2.01. The number of aryl methyl sites for hydroxylation is 1. The van der Waals surface area contributed by atoms with Crippen LogP contribution in [0.2, 0.25) is 0 Å². The summed E-state index contributed by atoms with van der Waals surface area (Å²) in [7, 11) is 1.75. The minimum absolute atomic E-state index is 0.307. The van der Waals surface area contributed by atoms with Gasteiger partial charge in [0.15, 0.2) is 0 Å². The molecule has 5 nitrogen and oxygen atoms in total. The van der Waals surface area contributed by atoms with Crippen molar-refractivity contribution in [2.75, 3.05) is 11.9 Å². The molecule has 2 rings (SSSR count). The predicted octanol–water partition coefficient (Wildman–Crippen LogP) is 1.97. The maximum Gasteiger partial charge on any atom is 0.268 e.